The molecular formula is C23H31N3O5S. The monoisotopic (exact) mass is 461 g/mol. The molecule has 1 amide bonds. The first-order chi connectivity index (χ1) is 15.5. The van der Waals surface area contributed by atoms with Gasteiger partial charge in [-0.05, 0) is 54.8 Å². The van der Waals surface area contributed by atoms with Gasteiger partial charge in [-0.15, -0.1) is 0 Å². The maximum atomic E-state index is 14.1. The Morgan fingerprint density at radius 3 is 2.22 bits per heavy atom. The summed E-state index contributed by atoms with van der Waals surface area (Å²) in [5.74, 6) is -0.964. The number of nitrogens with zero attached hydrogens (tertiary/aromatic N) is 1. The van der Waals surface area contributed by atoms with Crippen LogP contribution >= 0.6 is 0 Å². The van der Waals surface area contributed by atoms with Gasteiger partial charge in [0, 0.05) is 24.9 Å². The van der Waals surface area contributed by atoms with Gasteiger partial charge < -0.3 is 4.74 Å². The van der Waals surface area contributed by atoms with E-state index in [0.717, 1.165) is 37.7 Å². The first kappa shape index (κ1) is 24.2. The first-order valence-electron chi connectivity index (χ1n) is 10.9. The van der Waals surface area contributed by atoms with Crippen LogP contribution in [0.5, 0.6) is 5.75 Å². The second-order valence-corrected chi connectivity index (χ2v) is 10.2. The summed E-state index contributed by atoms with van der Waals surface area (Å²) >= 11 is 0. The van der Waals surface area contributed by atoms with Crippen molar-refractivity contribution in [2.45, 2.75) is 61.3 Å². The Hall–Kier alpha value is -2.49. The Kier molecular flexibility index (Phi) is 8.22. The van der Waals surface area contributed by atoms with Crippen LogP contribution in [0.4, 0.5) is 0 Å². The lowest BCUT2D eigenvalue weighted by Gasteiger charge is -2.40. The van der Waals surface area contributed by atoms with Crippen molar-refractivity contribution in [1.29, 1.82) is 0 Å². The molecular weight excluding hydrogens is 430 g/mol. The van der Waals surface area contributed by atoms with Gasteiger partial charge in [-0.2, -0.15) is 0 Å². The van der Waals surface area contributed by atoms with Crippen LogP contribution in [0.25, 0.3) is 0 Å². The molecule has 1 aliphatic carbocycles. The summed E-state index contributed by atoms with van der Waals surface area (Å²) in [5.41, 5.74) is 2.44. The van der Waals surface area contributed by atoms with Crippen LogP contribution in [-0.2, 0) is 21.2 Å². The fourth-order valence-electron chi connectivity index (χ4n) is 4.47. The minimum Gasteiger partial charge on any atom is -0.497 e. The van der Waals surface area contributed by atoms with Gasteiger partial charge in [0.15, 0.2) is 0 Å². The SMILES string of the molecule is COc1ccc(S(=O)(=O)[C@@](NCc2ccncc2)(C(=O)NO)C2CCCCCCC2)cc1. The maximum absolute atomic E-state index is 14.1. The molecule has 2 aromatic rings. The van der Waals surface area contributed by atoms with Crippen LogP contribution in [0, 0.1) is 5.92 Å². The van der Waals surface area contributed by atoms with Gasteiger partial charge in [0.2, 0.25) is 14.7 Å². The topological polar surface area (TPSA) is 118 Å². The van der Waals surface area contributed by atoms with E-state index in [1.54, 1.807) is 42.1 Å². The fourth-order valence-corrected chi connectivity index (χ4v) is 6.56. The Balaban J connectivity index is 2.11. The summed E-state index contributed by atoms with van der Waals surface area (Å²) < 4.78 is 33.3. The smallest absolute Gasteiger partial charge is 0.280 e. The van der Waals surface area contributed by atoms with E-state index >= 15 is 0 Å². The lowest BCUT2D eigenvalue weighted by atomic mass is 9.84. The highest BCUT2D eigenvalue weighted by molar-refractivity contribution is 7.93. The van der Waals surface area contributed by atoms with Crippen molar-refractivity contribution in [3.63, 3.8) is 0 Å². The molecule has 32 heavy (non-hydrogen) atoms. The van der Waals surface area contributed by atoms with Gasteiger partial charge in [-0.1, -0.05) is 32.1 Å². The molecule has 174 valence electrons. The Bertz CT molecular complexity index is 974. The highest BCUT2D eigenvalue weighted by Crippen LogP contribution is 2.39. The highest BCUT2D eigenvalue weighted by Gasteiger charge is 2.56. The van der Waals surface area contributed by atoms with Crippen molar-refractivity contribution in [2.24, 2.45) is 5.92 Å². The summed E-state index contributed by atoms with van der Waals surface area (Å²) in [6, 6.07) is 9.49. The first-order valence-corrected chi connectivity index (χ1v) is 12.4. The van der Waals surface area contributed by atoms with Crippen LogP contribution in [0.3, 0.4) is 0 Å². The van der Waals surface area contributed by atoms with Gasteiger partial charge in [0.05, 0.1) is 12.0 Å². The molecule has 1 aromatic heterocycles. The minimum atomic E-state index is -4.25. The van der Waals surface area contributed by atoms with Crippen molar-refractivity contribution in [3.05, 3.63) is 54.4 Å². The van der Waals surface area contributed by atoms with Gasteiger partial charge in [0.1, 0.15) is 5.75 Å². The Morgan fingerprint density at radius 1 is 1.06 bits per heavy atom. The van der Waals surface area contributed by atoms with E-state index in [4.69, 9.17) is 4.74 Å². The second-order valence-electron chi connectivity index (χ2n) is 8.11. The lowest BCUT2D eigenvalue weighted by molar-refractivity contribution is -0.135. The zero-order valence-corrected chi connectivity index (χ0v) is 19.1. The molecule has 0 aliphatic heterocycles. The second kappa shape index (κ2) is 10.9. The van der Waals surface area contributed by atoms with Crippen molar-refractivity contribution < 1.29 is 23.2 Å². The van der Waals surface area contributed by atoms with Crippen molar-refractivity contribution in [1.82, 2.24) is 15.8 Å². The molecule has 8 nitrogen and oxygen atoms in total. The third kappa shape index (κ3) is 4.95. The van der Waals surface area contributed by atoms with E-state index in [1.165, 1.54) is 19.2 Å². The highest BCUT2D eigenvalue weighted by atomic mass is 32.2. The van der Waals surface area contributed by atoms with Crippen LogP contribution in [0.2, 0.25) is 0 Å². The van der Waals surface area contributed by atoms with Gasteiger partial charge >= 0.3 is 0 Å². The maximum Gasteiger partial charge on any atom is 0.280 e. The largest absolute Gasteiger partial charge is 0.497 e. The molecule has 9 heteroatoms. The summed E-state index contributed by atoms with van der Waals surface area (Å²) in [4.78, 5) is 15.2. The van der Waals surface area contributed by atoms with Gasteiger partial charge in [-0.25, -0.2) is 13.9 Å². The molecule has 0 radical (unpaired) electrons. The molecule has 3 N–H and O–H groups in total. The molecule has 0 saturated heterocycles. The van der Waals surface area contributed by atoms with E-state index < -0.39 is 26.5 Å². The third-order valence-corrected chi connectivity index (χ3v) is 8.62. The van der Waals surface area contributed by atoms with E-state index in [1.807, 2.05) is 0 Å². The number of hydroxylamine groups is 1. The van der Waals surface area contributed by atoms with Crippen LogP contribution < -0.4 is 15.5 Å². The van der Waals surface area contributed by atoms with Crippen molar-refractivity contribution in [3.8, 4) is 5.75 Å². The molecule has 0 spiro atoms. The predicted molar refractivity (Wildman–Crippen MR) is 120 cm³/mol. The van der Waals surface area contributed by atoms with E-state index in [9.17, 15) is 18.4 Å². The average Bonchev–Trinajstić information content (AvgIpc) is 2.80. The quantitative estimate of drug-likeness (QED) is 0.408. The minimum absolute atomic E-state index is 0.00816. The summed E-state index contributed by atoms with van der Waals surface area (Å²) in [7, 11) is -2.75. The number of aromatic nitrogens is 1. The number of carbonyl (C=O) groups excluding carboxylic acids is 1. The summed E-state index contributed by atoms with van der Waals surface area (Å²) in [5, 5.41) is 12.7. The molecule has 0 bridgehead atoms. The molecule has 0 unspecified atom stereocenters. The zero-order chi connectivity index (χ0) is 23.0. The number of sulfone groups is 1. The number of benzene rings is 1. The number of nitrogens with one attached hydrogen (secondary N) is 2. The Labute approximate surface area is 189 Å². The number of hydrogen-bond donors (Lipinski definition) is 3. The predicted octanol–water partition coefficient (Wildman–Crippen LogP) is 3.22. The summed E-state index contributed by atoms with van der Waals surface area (Å²) in [6.45, 7) is 0.127. The number of pyridine rings is 1. The molecule has 1 aliphatic rings. The van der Waals surface area contributed by atoms with Crippen molar-refractivity contribution >= 4 is 15.7 Å². The number of hydrogen-bond acceptors (Lipinski definition) is 7. The van der Waals surface area contributed by atoms with E-state index in [2.05, 4.69) is 10.3 Å². The normalized spacial score (nSPS) is 17.6. The molecule has 1 heterocycles. The Morgan fingerprint density at radius 2 is 1.66 bits per heavy atom. The van der Waals surface area contributed by atoms with Crippen LogP contribution in [0.15, 0.2) is 53.7 Å². The van der Waals surface area contributed by atoms with Crippen LogP contribution in [0.1, 0.15) is 50.5 Å². The molecule has 1 fully saturated rings. The average molecular weight is 462 g/mol. The molecule has 1 atom stereocenters. The van der Waals surface area contributed by atoms with Gasteiger partial charge in [-0.3, -0.25) is 20.3 Å². The van der Waals surface area contributed by atoms with E-state index in [-0.39, 0.29) is 11.4 Å². The summed E-state index contributed by atoms with van der Waals surface area (Å²) in [6.07, 6.45) is 9.05. The van der Waals surface area contributed by atoms with E-state index in [0.29, 0.717) is 18.6 Å². The number of rotatable bonds is 8. The number of ether oxygens (including phenoxy) is 1. The molecule has 1 aromatic carbocycles. The fraction of sp³-hybridized carbons (Fsp3) is 0.478. The van der Waals surface area contributed by atoms with Crippen molar-refractivity contribution in [2.75, 3.05) is 7.11 Å². The zero-order valence-electron chi connectivity index (χ0n) is 18.3. The number of carbonyl (C=O) groups is 1. The van der Waals surface area contributed by atoms with Crippen LogP contribution in [-0.4, -0.2) is 36.5 Å². The van der Waals surface area contributed by atoms with Gasteiger partial charge in [0.25, 0.3) is 5.91 Å². The number of amides is 1. The molecule has 3 rings (SSSR count). The standard InChI is InChI=1S/C23H31N3O5S/c1-31-20-9-11-21(12-10-20)32(29,30)23(22(27)26-28,19-7-5-3-2-4-6-8-19)25-17-18-13-15-24-16-14-18/h9-16,19,25,28H,2-8,17H2,1H3,(H,26,27)/t23-/m1/s1. The number of methoxy groups -OCH3 is 1. The third-order valence-electron chi connectivity index (χ3n) is 6.22. The molecule has 1 saturated carbocycles. The lowest BCUT2D eigenvalue weighted by Crippen LogP contribution is -2.65.